The van der Waals surface area contributed by atoms with Crippen molar-refractivity contribution in [2.45, 2.75) is 20.8 Å². The summed E-state index contributed by atoms with van der Waals surface area (Å²) in [7, 11) is 1.66. The first kappa shape index (κ1) is 19.8. The molecule has 0 atom stereocenters. The summed E-state index contributed by atoms with van der Waals surface area (Å²) < 4.78 is 0. The van der Waals surface area contributed by atoms with E-state index in [2.05, 4.69) is 5.32 Å². The molecular weight excluding hydrogens is 368 g/mol. The second-order valence-electron chi connectivity index (χ2n) is 7.01. The second-order valence-corrected chi connectivity index (χ2v) is 7.93. The van der Waals surface area contributed by atoms with Gasteiger partial charge in [0.15, 0.2) is 0 Å². The van der Waals surface area contributed by atoms with Crippen LogP contribution in [0.1, 0.15) is 26.4 Å². The van der Waals surface area contributed by atoms with Gasteiger partial charge in [-0.1, -0.05) is 48.0 Å². The van der Waals surface area contributed by atoms with Gasteiger partial charge < -0.3 is 10.2 Å². The van der Waals surface area contributed by atoms with Gasteiger partial charge >= 0.3 is 0 Å². The minimum Gasteiger partial charge on any atom is -0.332 e. The predicted molar refractivity (Wildman–Crippen MR) is 116 cm³/mol. The number of benzene rings is 2. The van der Waals surface area contributed by atoms with E-state index in [0.29, 0.717) is 4.88 Å². The van der Waals surface area contributed by atoms with Gasteiger partial charge in [0.25, 0.3) is 5.91 Å². The maximum Gasteiger partial charge on any atom is 0.264 e. The Bertz CT molecular complexity index is 985. The highest BCUT2D eigenvalue weighted by Gasteiger charge is 2.20. The molecule has 28 heavy (non-hydrogen) atoms. The van der Waals surface area contributed by atoms with Crippen molar-refractivity contribution in [1.29, 1.82) is 0 Å². The number of nitrogens with one attached hydrogen (secondary N) is 1. The van der Waals surface area contributed by atoms with Gasteiger partial charge in [-0.05, 0) is 48.9 Å². The van der Waals surface area contributed by atoms with Crippen LogP contribution in [-0.2, 0) is 4.79 Å². The summed E-state index contributed by atoms with van der Waals surface area (Å²) >= 11 is 1.40. The number of hydrogen-bond acceptors (Lipinski definition) is 3. The minimum absolute atomic E-state index is 0.00226. The fraction of sp³-hybridized carbons (Fsp3) is 0.217. The average molecular weight is 393 g/mol. The van der Waals surface area contributed by atoms with E-state index in [4.69, 9.17) is 0 Å². The van der Waals surface area contributed by atoms with Crippen LogP contribution < -0.4 is 5.32 Å². The lowest BCUT2D eigenvalue weighted by molar-refractivity contribution is -0.116. The Kier molecular flexibility index (Phi) is 5.95. The standard InChI is InChI=1S/C23H24N2O2S/c1-15-12-16(2)21(17(3)13-15)24-20(26)14-25(4)23(27)22-19(10-11-28-22)18-8-6-5-7-9-18/h5-13H,14H2,1-4H3,(H,24,26). The molecule has 4 nitrogen and oxygen atoms in total. The fourth-order valence-corrected chi connectivity index (χ4v) is 4.25. The number of nitrogens with zero attached hydrogens (tertiary/aromatic N) is 1. The summed E-state index contributed by atoms with van der Waals surface area (Å²) in [5.74, 6) is -0.356. The largest absolute Gasteiger partial charge is 0.332 e. The first-order chi connectivity index (χ1) is 13.4. The van der Waals surface area contributed by atoms with E-state index >= 15 is 0 Å². The highest BCUT2D eigenvalue weighted by Crippen LogP contribution is 2.29. The van der Waals surface area contributed by atoms with Crippen LogP contribution in [0.3, 0.4) is 0 Å². The summed E-state index contributed by atoms with van der Waals surface area (Å²) in [5, 5.41) is 4.86. The Morgan fingerprint density at radius 1 is 1.00 bits per heavy atom. The lowest BCUT2D eigenvalue weighted by atomic mass is 10.1. The molecule has 3 rings (SSSR count). The molecule has 0 saturated carbocycles. The normalized spacial score (nSPS) is 10.6. The van der Waals surface area contributed by atoms with Crippen LogP contribution in [0, 0.1) is 20.8 Å². The van der Waals surface area contributed by atoms with Gasteiger partial charge in [0, 0.05) is 18.3 Å². The number of likely N-dealkylation sites (N-methyl/N-ethyl adjacent to an activating group) is 1. The van der Waals surface area contributed by atoms with Gasteiger partial charge in [-0.25, -0.2) is 0 Å². The molecule has 2 amide bonds. The molecule has 5 heteroatoms. The molecular formula is C23H24N2O2S. The van der Waals surface area contributed by atoms with Crippen molar-refractivity contribution in [3.05, 3.63) is 75.5 Å². The highest BCUT2D eigenvalue weighted by molar-refractivity contribution is 7.12. The van der Waals surface area contributed by atoms with Crippen LogP contribution in [0.5, 0.6) is 0 Å². The van der Waals surface area contributed by atoms with Crippen LogP contribution in [0.4, 0.5) is 5.69 Å². The van der Waals surface area contributed by atoms with E-state index in [-0.39, 0.29) is 18.4 Å². The third-order valence-corrected chi connectivity index (χ3v) is 5.52. The Morgan fingerprint density at radius 2 is 1.64 bits per heavy atom. The molecule has 2 aromatic carbocycles. The van der Waals surface area contributed by atoms with Crippen LogP contribution in [0.15, 0.2) is 53.9 Å². The third kappa shape index (κ3) is 4.31. The molecule has 0 saturated heterocycles. The lowest BCUT2D eigenvalue weighted by Gasteiger charge is -2.18. The minimum atomic E-state index is -0.205. The molecule has 0 aliphatic rings. The fourth-order valence-electron chi connectivity index (χ4n) is 3.34. The van der Waals surface area contributed by atoms with Crippen molar-refractivity contribution < 1.29 is 9.59 Å². The second kappa shape index (κ2) is 8.40. The highest BCUT2D eigenvalue weighted by atomic mass is 32.1. The number of aryl methyl sites for hydroxylation is 3. The Hall–Kier alpha value is -2.92. The molecule has 0 bridgehead atoms. The van der Waals surface area contributed by atoms with Crippen molar-refractivity contribution in [3.8, 4) is 11.1 Å². The summed E-state index contributed by atoms with van der Waals surface area (Å²) in [6.45, 7) is 5.98. The van der Waals surface area contributed by atoms with E-state index < -0.39 is 0 Å². The van der Waals surface area contributed by atoms with Gasteiger partial charge in [0.05, 0.1) is 11.4 Å². The molecule has 0 aliphatic carbocycles. The van der Waals surface area contributed by atoms with Gasteiger partial charge in [-0.15, -0.1) is 11.3 Å². The van der Waals surface area contributed by atoms with Crippen LogP contribution in [-0.4, -0.2) is 30.3 Å². The monoisotopic (exact) mass is 392 g/mol. The molecule has 0 fully saturated rings. The molecule has 0 aliphatic heterocycles. The van der Waals surface area contributed by atoms with E-state index in [9.17, 15) is 9.59 Å². The van der Waals surface area contributed by atoms with Gasteiger partial charge in [-0.2, -0.15) is 0 Å². The maximum absolute atomic E-state index is 12.9. The molecule has 3 aromatic rings. The summed E-state index contributed by atoms with van der Waals surface area (Å²) in [5.41, 5.74) is 5.90. The summed E-state index contributed by atoms with van der Waals surface area (Å²) in [4.78, 5) is 27.6. The number of amides is 2. The quantitative estimate of drug-likeness (QED) is 0.660. The van der Waals surface area contributed by atoms with Crippen LogP contribution >= 0.6 is 11.3 Å². The zero-order valence-electron chi connectivity index (χ0n) is 16.6. The van der Waals surface area contributed by atoms with E-state index in [1.165, 1.54) is 16.2 Å². The van der Waals surface area contributed by atoms with Gasteiger partial charge in [0.1, 0.15) is 0 Å². The van der Waals surface area contributed by atoms with Crippen molar-refractivity contribution in [3.63, 3.8) is 0 Å². The zero-order chi connectivity index (χ0) is 20.3. The number of carbonyl (C=O) groups excluding carboxylic acids is 2. The number of carbonyl (C=O) groups is 2. The Morgan fingerprint density at radius 3 is 2.29 bits per heavy atom. The predicted octanol–water partition coefficient (Wildman–Crippen LogP) is 5.05. The number of anilines is 1. The molecule has 0 radical (unpaired) electrons. The van der Waals surface area contributed by atoms with Crippen molar-refractivity contribution >= 4 is 28.8 Å². The van der Waals surface area contributed by atoms with Gasteiger partial charge in [-0.3, -0.25) is 9.59 Å². The van der Waals surface area contributed by atoms with E-state index in [1.54, 1.807) is 7.05 Å². The van der Waals surface area contributed by atoms with Crippen LogP contribution in [0.25, 0.3) is 11.1 Å². The smallest absolute Gasteiger partial charge is 0.264 e. The summed E-state index contributed by atoms with van der Waals surface area (Å²) in [6.07, 6.45) is 0. The molecule has 1 N–H and O–H groups in total. The molecule has 0 unspecified atom stereocenters. The first-order valence-electron chi connectivity index (χ1n) is 9.13. The molecule has 1 heterocycles. The molecule has 1 aromatic heterocycles. The Balaban J connectivity index is 1.72. The topological polar surface area (TPSA) is 49.4 Å². The molecule has 0 spiro atoms. The van der Waals surface area contributed by atoms with E-state index in [0.717, 1.165) is 33.5 Å². The van der Waals surface area contributed by atoms with Crippen LogP contribution in [0.2, 0.25) is 0 Å². The lowest BCUT2D eigenvalue weighted by Crippen LogP contribution is -2.35. The SMILES string of the molecule is Cc1cc(C)c(NC(=O)CN(C)C(=O)c2sccc2-c2ccccc2)c(C)c1. The Labute approximate surface area is 169 Å². The van der Waals surface area contributed by atoms with Gasteiger partial charge in [0.2, 0.25) is 5.91 Å². The number of hydrogen-bond donors (Lipinski definition) is 1. The van der Waals surface area contributed by atoms with Crippen molar-refractivity contribution in [2.75, 3.05) is 18.9 Å². The average Bonchev–Trinajstić information content (AvgIpc) is 3.14. The molecule has 144 valence electrons. The maximum atomic E-state index is 12.9. The summed E-state index contributed by atoms with van der Waals surface area (Å²) in [6, 6.07) is 15.8. The first-order valence-corrected chi connectivity index (χ1v) is 10.0. The van der Waals surface area contributed by atoms with Crippen molar-refractivity contribution in [1.82, 2.24) is 4.90 Å². The zero-order valence-corrected chi connectivity index (χ0v) is 17.4. The number of rotatable bonds is 5. The van der Waals surface area contributed by atoms with Crippen molar-refractivity contribution in [2.24, 2.45) is 0 Å². The van der Waals surface area contributed by atoms with E-state index in [1.807, 2.05) is 74.7 Å². The third-order valence-electron chi connectivity index (χ3n) is 4.61. The number of thiophene rings is 1.